The average molecular weight is 505 g/mol. The molecule has 3 aromatic rings. The number of hydrogen-bond donors (Lipinski definition) is 1. The van der Waals surface area contributed by atoms with Gasteiger partial charge in [0.05, 0.1) is 5.60 Å². The second kappa shape index (κ2) is 11.8. The standard InChI is InChI=1S/C31H37ClN2O2/c32-27-11-8-10-26(22-27)30(31(35)15-5-2-6-16-31)24-34-19-17-33(18-20-34)23-25-9-7-14-29(21-25)36-28-12-3-1-4-13-28/h1,3-4,7-14,21-22,30,35H,2,5-6,15-20,23-24H2. The fourth-order valence-electron chi connectivity index (χ4n) is 5.80. The summed E-state index contributed by atoms with van der Waals surface area (Å²) < 4.78 is 6.03. The van der Waals surface area contributed by atoms with Crippen molar-refractivity contribution in [2.45, 2.75) is 50.2 Å². The van der Waals surface area contributed by atoms with E-state index in [-0.39, 0.29) is 5.92 Å². The van der Waals surface area contributed by atoms with E-state index in [1.807, 2.05) is 48.5 Å². The molecule has 0 amide bonds. The van der Waals surface area contributed by atoms with Gasteiger partial charge in [0, 0.05) is 50.2 Å². The molecule has 3 aromatic carbocycles. The quantitative estimate of drug-likeness (QED) is 0.369. The van der Waals surface area contributed by atoms with Gasteiger partial charge in [0.25, 0.3) is 0 Å². The summed E-state index contributed by atoms with van der Waals surface area (Å²) in [7, 11) is 0. The lowest BCUT2D eigenvalue weighted by atomic mass is 9.72. The van der Waals surface area contributed by atoms with Crippen molar-refractivity contribution in [3.63, 3.8) is 0 Å². The van der Waals surface area contributed by atoms with Gasteiger partial charge in [0.15, 0.2) is 0 Å². The maximum absolute atomic E-state index is 11.7. The third-order valence-electron chi connectivity index (χ3n) is 7.81. The molecule has 5 rings (SSSR count). The minimum Gasteiger partial charge on any atom is -0.457 e. The molecule has 1 saturated carbocycles. The summed E-state index contributed by atoms with van der Waals surface area (Å²) in [6.45, 7) is 5.85. The number of halogens is 1. The third kappa shape index (κ3) is 6.49. The predicted molar refractivity (Wildman–Crippen MR) is 147 cm³/mol. The molecule has 1 heterocycles. The summed E-state index contributed by atoms with van der Waals surface area (Å²) in [4.78, 5) is 5.05. The molecule has 0 aromatic heterocycles. The lowest BCUT2D eigenvalue weighted by Crippen LogP contribution is -2.50. The molecule has 1 aliphatic heterocycles. The van der Waals surface area contributed by atoms with E-state index in [9.17, 15) is 5.11 Å². The van der Waals surface area contributed by atoms with Crippen molar-refractivity contribution in [2.24, 2.45) is 0 Å². The van der Waals surface area contributed by atoms with Crippen molar-refractivity contribution in [1.82, 2.24) is 9.80 Å². The Balaban J connectivity index is 1.19. The SMILES string of the molecule is OC1(C(CN2CCN(Cc3cccc(Oc4ccccc4)c3)CC2)c2cccc(Cl)c2)CCCCC1. The first-order valence-electron chi connectivity index (χ1n) is 13.3. The highest BCUT2D eigenvalue weighted by Crippen LogP contribution is 2.41. The van der Waals surface area contributed by atoms with Crippen molar-refractivity contribution >= 4 is 11.6 Å². The van der Waals surface area contributed by atoms with Crippen LogP contribution in [0.1, 0.15) is 49.1 Å². The van der Waals surface area contributed by atoms with Crippen LogP contribution < -0.4 is 4.74 Å². The molecular formula is C31H37ClN2O2. The van der Waals surface area contributed by atoms with Gasteiger partial charge in [-0.3, -0.25) is 4.90 Å². The van der Waals surface area contributed by atoms with Gasteiger partial charge in [-0.05, 0) is 60.4 Å². The average Bonchev–Trinajstić information content (AvgIpc) is 2.89. The van der Waals surface area contributed by atoms with Gasteiger partial charge in [0.2, 0.25) is 0 Å². The Kier molecular flexibility index (Phi) is 8.28. The van der Waals surface area contributed by atoms with Crippen molar-refractivity contribution in [3.8, 4) is 11.5 Å². The highest BCUT2D eigenvalue weighted by molar-refractivity contribution is 6.30. The Hall–Kier alpha value is -2.37. The molecule has 2 fully saturated rings. The number of nitrogens with zero attached hydrogens (tertiary/aromatic N) is 2. The minimum absolute atomic E-state index is 0.0925. The number of aliphatic hydroxyl groups is 1. The van der Waals surface area contributed by atoms with Crippen LogP contribution in [0.3, 0.4) is 0 Å². The van der Waals surface area contributed by atoms with Crippen LogP contribution in [0.2, 0.25) is 5.02 Å². The van der Waals surface area contributed by atoms with Gasteiger partial charge in [0.1, 0.15) is 11.5 Å². The Morgan fingerprint density at radius 1 is 0.778 bits per heavy atom. The maximum atomic E-state index is 11.7. The number of rotatable bonds is 8. The maximum Gasteiger partial charge on any atom is 0.127 e. The number of hydrogen-bond acceptors (Lipinski definition) is 4. The van der Waals surface area contributed by atoms with E-state index in [2.05, 4.69) is 40.1 Å². The van der Waals surface area contributed by atoms with Crippen molar-refractivity contribution in [1.29, 1.82) is 0 Å². The fraction of sp³-hybridized carbons (Fsp3) is 0.419. The van der Waals surface area contributed by atoms with Crippen LogP contribution in [-0.4, -0.2) is 53.2 Å². The van der Waals surface area contributed by atoms with Gasteiger partial charge < -0.3 is 14.7 Å². The second-order valence-corrected chi connectivity index (χ2v) is 10.8. The normalized spacial score (nSPS) is 19.6. The van der Waals surface area contributed by atoms with E-state index in [0.717, 1.165) is 81.5 Å². The molecule has 5 heteroatoms. The van der Waals surface area contributed by atoms with Crippen molar-refractivity contribution in [2.75, 3.05) is 32.7 Å². The fourth-order valence-corrected chi connectivity index (χ4v) is 6.00. The van der Waals surface area contributed by atoms with Crippen LogP contribution in [0.25, 0.3) is 0 Å². The first-order chi connectivity index (χ1) is 17.6. The Morgan fingerprint density at radius 3 is 2.22 bits per heavy atom. The van der Waals surface area contributed by atoms with Crippen LogP contribution in [-0.2, 0) is 6.54 Å². The number of ether oxygens (including phenoxy) is 1. The van der Waals surface area contributed by atoms with E-state index >= 15 is 0 Å². The third-order valence-corrected chi connectivity index (χ3v) is 8.04. The van der Waals surface area contributed by atoms with Gasteiger partial charge in [-0.15, -0.1) is 0 Å². The van der Waals surface area contributed by atoms with Crippen LogP contribution in [0.15, 0.2) is 78.9 Å². The van der Waals surface area contributed by atoms with Crippen molar-refractivity contribution in [3.05, 3.63) is 95.0 Å². The summed E-state index contributed by atoms with van der Waals surface area (Å²) in [6.07, 6.45) is 5.20. The zero-order valence-electron chi connectivity index (χ0n) is 21.0. The molecule has 2 aliphatic rings. The highest BCUT2D eigenvalue weighted by Gasteiger charge is 2.40. The summed E-state index contributed by atoms with van der Waals surface area (Å²) >= 11 is 6.36. The Bertz CT molecular complexity index is 1110. The van der Waals surface area contributed by atoms with E-state index in [1.54, 1.807) is 0 Å². The van der Waals surface area contributed by atoms with E-state index in [1.165, 1.54) is 17.5 Å². The summed E-state index contributed by atoms with van der Waals surface area (Å²) in [5.74, 6) is 1.83. The largest absolute Gasteiger partial charge is 0.457 e. The molecule has 1 aliphatic carbocycles. The molecule has 0 bridgehead atoms. The summed E-state index contributed by atoms with van der Waals surface area (Å²) in [5.41, 5.74) is 1.80. The van der Waals surface area contributed by atoms with Crippen LogP contribution in [0.5, 0.6) is 11.5 Å². The highest BCUT2D eigenvalue weighted by atomic mass is 35.5. The predicted octanol–water partition coefficient (Wildman–Crippen LogP) is 6.73. The summed E-state index contributed by atoms with van der Waals surface area (Å²) in [6, 6.07) is 26.5. The molecule has 0 spiro atoms. The van der Waals surface area contributed by atoms with Crippen LogP contribution in [0.4, 0.5) is 0 Å². The Labute approximate surface area is 220 Å². The van der Waals surface area contributed by atoms with Gasteiger partial charge in [-0.2, -0.15) is 0 Å². The number of benzene rings is 3. The van der Waals surface area contributed by atoms with Crippen LogP contribution in [0, 0.1) is 0 Å². The molecule has 36 heavy (non-hydrogen) atoms. The monoisotopic (exact) mass is 504 g/mol. The zero-order valence-corrected chi connectivity index (χ0v) is 21.7. The topological polar surface area (TPSA) is 35.9 Å². The smallest absolute Gasteiger partial charge is 0.127 e. The van der Waals surface area contributed by atoms with Gasteiger partial charge in [-0.25, -0.2) is 0 Å². The van der Waals surface area contributed by atoms with E-state index in [4.69, 9.17) is 16.3 Å². The van der Waals surface area contributed by atoms with E-state index < -0.39 is 5.60 Å². The van der Waals surface area contributed by atoms with Gasteiger partial charge in [-0.1, -0.05) is 73.3 Å². The van der Waals surface area contributed by atoms with E-state index in [0.29, 0.717) is 0 Å². The minimum atomic E-state index is -0.640. The molecule has 1 N–H and O–H groups in total. The molecular weight excluding hydrogens is 468 g/mol. The molecule has 1 atom stereocenters. The first kappa shape index (κ1) is 25.3. The van der Waals surface area contributed by atoms with Crippen molar-refractivity contribution < 1.29 is 9.84 Å². The van der Waals surface area contributed by atoms with Gasteiger partial charge >= 0.3 is 0 Å². The lowest BCUT2D eigenvalue weighted by Gasteiger charge is -2.43. The molecule has 1 saturated heterocycles. The molecule has 0 radical (unpaired) electrons. The Morgan fingerprint density at radius 2 is 1.47 bits per heavy atom. The lowest BCUT2D eigenvalue weighted by molar-refractivity contribution is -0.0344. The molecule has 1 unspecified atom stereocenters. The second-order valence-electron chi connectivity index (χ2n) is 10.4. The zero-order chi connectivity index (χ0) is 24.8. The number of piperazine rings is 1. The molecule has 4 nitrogen and oxygen atoms in total. The summed E-state index contributed by atoms with van der Waals surface area (Å²) in [5, 5.41) is 12.4. The molecule has 190 valence electrons. The van der Waals surface area contributed by atoms with Crippen LogP contribution >= 0.6 is 11.6 Å². The first-order valence-corrected chi connectivity index (χ1v) is 13.7. The number of para-hydroxylation sites is 1.